The zero-order chi connectivity index (χ0) is 14.2. The van der Waals surface area contributed by atoms with Crippen molar-refractivity contribution in [1.82, 2.24) is 0 Å². The summed E-state index contributed by atoms with van der Waals surface area (Å²) >= 11 is 0. The summed E-state index contributed by atoms with van der Waals surface area (Å²) in [6, 6.07) is 6.71. The molecule has 0 N–H and O–H groups in total. The molecule has 1 aromatic carbocycles. The summed E-state index contributed by atoms with van der Waals surface area (Å²) in [7, 11) is 0. The molecule has 0 saturated carbocycles. The maximum atomic E-state index is 10.3. The molecule has 1 aromatic rings. The first-order chi connectivity index (χ1) is 9.79. The van der Waals surface area contributed by atoms with Gasteiger partial charge in [0.25, 0.3) is 0 Å². The third kappa shape index (κ3) is 3.88. The third-order valence-electron chi connectivity index (χ3n) is 2.68. The standard InChI is InChI=1S/C16H14N2O2/c1-13(15-6-4-2-3-5-7-15)20-17-12-14-8-10-16(18-19)11-9-14/h2-4,6-12H,1,5H2/b17-12+. The zero-order valence-corrected chi connectivity index (χ0v) is 10.9. The van der Waals surface area contributed by atoms with Crippen molar-refractivity contribution in [2.24, 2.45) is 10.3 Å². The summed E-state index contributed by atoms with van der Waals surface area (Å²) in [5, 5.41) is 6.70. The second kappa shape index (κ2) is 6.99. The predicted octanol–water partition coefficient (Wildman–Crippen LogP) is 4.39. The van der Waals surface area contributed by atoms with Gasteiger partial charge in [-0.15, -0.1) is 4.91 Å². The largest absolute Gasteiger partial charge is 0.357 e. The molecule has 1 aliphatic rings. The van der Waals surface area contributed by atoms with E-state index in [4.69, 9.17) is 4.84 Å². The lowest BCUT2D eigenvalue weighted by atomic mass is 10.2. The second-order valence-corrected chi connectivity index (χ2v) is 4.11. The lowest BCUT2D eigenvalue weighted by Gasteiger charge is -2.03. The molecule has 4 heteroatoms. The van der Waals surface area contributed by atoms with E-state index in [1.54, 1.807) is 30.5 Å². The number of hydrogen-bond donors (Lipinski definition) is 0. The molecule has 0 spiro atoms. The van der Waals surface area contributed by atoms with Crippen LogP contribution in [-0.4, -0.2) is 6.21 Å². The molecule has 1 aliphatic carbocycles. The molecule has 0 saturated heterocycles. The van der Waals surface area contributed by atoms with Gasteiger partial charge in [0.05, 0.1) is 6.21 Å². The van der Waals surface area contributed by atoms with Crippen LogP contribution in [0, 0.1) is 4.91 Å². The van der Waals surface area contributed by atoms with Crippen molar-refractivity contribution >= 4 is 11.9 Å². The number of nitroso groups, excluding NO2 is 1. The van der Waals surface area contributed by atoms with E-state index in [0.29, 0.717) is 11.4 Å². The molecule has 0 amide bonds. The maximum absolute atomic E-state index is 10.3. The van der Waals surface area contributed by atoms with E-state index in [1.165, 1.54) is 0 Å². The average Bonchev–Trinajstić information content (AvgIpc) is 2.77. The summed E-state index contributed by atoms with van der Waals surface area (Å²) in [6.07, 6.45) is 12.3. The van der Waals surface area contributed by atoms with Crippen LogP contribution in [0.1, 0.15) is 12.0 Å². The molecule has 0 heterocycles. The summed E-state index contributed by atoms with van der Waals surface area (Å²) in [5.41, 5.74) is 2.11. The number of rotatable bonds is 5. The topological polar surface area (TPSA) is 51.0 Å². The fraction of sp³-hybridized carbons (Fsp3) is 0.0625. The van der Waals surface area contributed by atoms with Gasteiger partial charge in [-0.05, 0) is 29.3 Å². The molecule has 0 aromatic heterocycles. The van der Waals surface area contributed by atoms with Gasteiger partial charge in [-0.2, -0.15) is 0 Å². The SMILES string of the molecule is C=C(O/N=C/c1ccc(N=O)cc1)C1=CCC=CC=C1. The first kappa shape index (κ1) is 13.7. The molecule has 20 heavy (non-hydrogen) atoms. The zero-order valence-electron chi connectivity index (χ0n) is 10.9. The average molecular weight is 266 g/mol. The molecule has 0 radical (unpaired) electrons. The lowest BCUT2D eigenvalue weighted by Crippen LogP contribution is -1.89. The molecule has 100 valence electrons. The minimum Gasteiger partial charge on any atom is -0.357 e. The molecule has 0 fully saturated rings. The van der Waals surface area contributed by atoms with E-state index >= 15 is 0 Å². The van der Waals surface area contributed by atoms with Crippen molar-refractivity contribution in [3.05, 3.63) is 83.0 Å². The summed E-state index contributed by atoms with van der Waals surface area (Å²) in [6.45, 7) is 3.84. The van der Waals surface area contributed by atoms with Crippen molar-refractivity contribution in [3.8, 4) is 0 Å². The van der Waals surface area contributed by atoms with E-state index in [-0.39, 0.29) is 0 Å². The van der Waals surface area contributed by atoms with Gasteiger partial charge in [-0.3, -0.25) is 0 Å². The normalized spacial score (nSPS) is 13.9. The molecule has 0 aliphatic heterocycles. The van der Waals surface area contributed by atoms with Crippen molar-refractivity contribution < 1.29 is 4.84 Å². The number of benzene rings is 1. The van der Waals surface area contributed by atoms with Crippen LogP contribution in [-0.2, 0) is 4.84 Å². The van der Waals surface area contributed by atoms with Crippen LogP contribution >= 0.6 is 0 Å². The number of oxime groups is 1. The van der Waals surface area contributed by atoms with Crippen LogP contribution in [0.25, 0.3) is 0 Å². The van der Waals surface area contributed by atoms with Crippen LogP contribution in [0.15, 0.2) is 82.9 Å². The molecular formula is C16H14N2O2. The molecule has 0 bridgehead atoms. The highest BCUT2D eigenvalue weighted by Crippen LogP contribution is 2.15. The smallest absolute Gasteiger partial charge is 0.157 e. The summed E-state index contributed by atoms with van der Waals surface area (Å²) in [5.74, 6) is 0.493. The quantitative estimate of drug-likeness (QED) is 0.343. The van der Waals surface area contributed by atoms with E-state index in [2.05, 4.69) is 16.9 Å². The van der Waals surface area contributed by atoms with Crippen molar-refractivity contribution in [2.75, 3.05) is 0 Å². The van der Waals surface area contributed by atoms with Crippen molar-refractivity contribution in [2.45, 2.75) is 6.42 Å². The van der Waals surface area contributed by atoms with Crippen LogP contribution < -0.4 is 0 Å². The first-order valence-electron chi connectivity index (χ1n) is 6.16. The third-order valence-corrected chi connectivity index (χ3v) is 2.68. The highest BCUT2D eigenvalue weighted by Gasteiger charge is 2.00. The van der Waals surface area contributed by atoms with Crippen molar-refractivity contribution in [1.29, 1.82) is 0 Å². The Morgan fingerprint density at radius 3 is 2.80 bits per heavy atom. The number of nitrogens with zero attached hydrogens (tertiary/aromatic N) is 2. The van der Waals surface area contributed by atoms with Gasteiger partial charge in [0, 0.05) is 5.57 Å². The van der Waals surface area contributed by atoms with Crippen LogP contribution in [0.2, 0.25) is 0 Å². The van der Waals surface area contributed by atoms with Crippen LogP contribution in [0.5, 0.6) is 0 Å². The monoisotopic (exact) mass is 266 g/mol. The van der Waals surface area contributed by atoms with Gasteiger partial charge in [0.1, 0.15) is 5.69 Å². The van der Waals surface area contributed by atoms with Crippen LogP contribution in [0.4, 0.5) is 5.69 Å². The van der Waals surface area contributed by atoms with E-state index in [0.717, 1.165) is 17.6 Å². The van der Waals surface area contributed by atoms with Crippen LogP contribution in [0.3, 0.4) is 0 Å². The first-order valence-corrected chi connectivity index (χ1v) is 6.16. The predicted molar refractivity (Wildman–Crippen MR) is 80.7 cm³/mol. The highest BCUT2D eigenvalue weighted by molar-refractivity contribution is 5.79. The molecule has 2 rings (SSSR count). The fourth-order valence-corrected chi connectivity index (χ4v) is 1.61. The van der Waals surface area contributed by atoms with Crippen molar-refractivity contribution in [3.63, 3.8) is 0 Å². The van der Waals surface area contributed by atoms with Gasteiger partial charge in [-0.25, -0.2) is 0 Å². The van der Waals surface area contributed by atoms with E-state index < -0.39 is 0 Å². The summed E-state index contributed by atoms with van der Waals surface area (Å²) in [4.78, 5) is 15.5. The maximum Gasteiger partial charge on any atom is 0.157 e. The van der Waals surface area contributed by atoms with E-state index in [1.807, 2.05) is 30.4 Å². The number of allylic oxidation sites excluding steroid dienone is 5. The van der Waals surface area contributed by atoms with Gasteiger partial charge < -0.3 is 4.84 Å². The minimum atomic E-state index is 0.383. The minimum absolute atomic E-state index is 0.383. The Morgan fingerprint density at radius 1 is 1.25 bits per heavy atom. The Bertz CT molecular complexity index is 608. The Labute approximate surface area is 117 Å². The second-order valence-electron chi connectivity index (χ2n) is 4.11. The lowest BCUT2D eigenvalue weighted by molar-refractivity contribution is 0.241. The Balaban J connectivity index is 1.93. The number of hydrogen-bond acceptors (Lipinski definition) is 4. The fourth-order valence-electron chi connectivity index (χ4n) is 1.61. The molecule has 4 nitrogen and oxygen atoms in total. The molecule has 0 unspecified atom stereocenters. The Morgan fingerprint density at radius 2 is 2.05 bits per heavy atom. The summed E-state index contributed by atoms with van der Waals surface area (Å²) < 4.78 is 0. The van der Waals surface area contributed by atoms with E-state index in [9.17, 15) is 4.91 Å². The van der Waals surface area contributed by atoms with Gasteiger partial charge in [-0.1, -0.05) is 54.2 Å². The van der Waals surface area contributed by atoms with Gasteiger partial charge >= 0.3 is 0 Å². The Hall–Kier alpha value is -2.75. The van der Waals surface area contributed by atoms with Gasteiger partial charge in [0.15, 0.2) is 5.76 Å². The molecular weight excluding hydrogens is 252 g/mol. The highest BCUT2D eigenvalue weighted by atomic mass is 16.6. The Kier molecular flexibility index (Phi) is 4.78. The van der Waals surface area contributed by atoms with Gasteiger partial charge in [0.2, 0.25) is 0 Å². The molecule has 0 atom stereocenters.